The van der Waals surface area contributed by atoms with Crippen LogP contribution in [0.1, 0.15) is 38.9 Å². The Morgan fingerprint density at radius 1 is 1.31 bits per heavy atom. The Morgan fingerprint density at radius 2 is 2.11 bits per heavy atom. The van der Waals surface area contributed by atoms with Gasteiger partial charge in [-0.05, 0) is 65.9 Å². The molecule has 1 amide bonds. The summed E-state index contributed by atoms with van der Waals surface area (Å²) >= 11 is 4.93. The van der Waals surface area contributed by atoms with Crippen LogP contribution in [0, 0.1) is 0 Å². The van der Waals surface area contributed by atoms with Crippen LogP contribution in [-0.2, 0) is 4.79 Å². The highest BCUT2D eigenvalue weighted by molar-refractivity contribution is 9.10. The number of hydrogen-bond acceptors (Lipinski definition) is 9. The number of benzene rings is 1. The Hall–Kier alpha value is -3.44. The molecule has 0 radical (unpaired) electrons. The summed E-state index contributed by atoms with van der Waals surface area (Å²) in [4.78, 5) is 31.4. The average molecular weight is 569 g/mol. The molecule has 1 atom stereocenters. The molecule has 1 aromatic carbocycles. The van der Waals surface area contributed by atoms with Gasteiger partial charge >= 0.3 is 6.01 Å². The summed E-state index contributed by atoms with van der Waals surface area (Å²) in [5.41, 5.74) is 4.22. The van der Waals surface area contributed by atoms with E-state index in [-0.39, 0.29) is 11.9 Å². The number of amides is 1. The summed E-state index contributed by atoms with van der Waals surface area (Å²) in [6.07, 6.45) is 2.59. The van der Waals surface area contributed by atoms with Crippen molar-refractivity contribution in [3.05, 3.63) is 75.0 Å². The summed E-state index contributed by atoms with van der Waals surface area (Å²) in [6.45, 7) is 5.93. The molecule has 1 aliphatic heterocycles. The number of carbonyl (C=O) groups is 1. The zero-order chi connectivity index (χ0) is 25.7. The molecule has 3 aromatic rings. The SMILES string of the molecule is CC/C(C)=C/S/C(=N\C)NC(=O)C1=C(C)NC(Nc2nc3ccccc3o2)=NC1c1ncccc1Br. The normalized spacial score (nSPS) is 16.6. The Kier molecular flexibility index (Phi) is 8.21. The van der Waals surface area contributed by atoms with Crippen molar-refractivity contribution >= 4 is 61.8 Å². The Balaban J connectivity index is 1.64. The number of thioether (sulfide) groups is 1. The fourth-order valence-electron chi connectivity index (χ4n) is 3.40. The highest BCUT2D eigenvalue weighted by Gasteiger charge is 2.32. The zero-order valence-corrected chi connectivity index (χ0v) is 22.7. The van der Waals surface area contributed by atoms with E-state index in [4.69, 9.17) is 9.41 Å². The number of fused-ring (bicyclic) bond motifs is 1. The van der Waals surface area contributed by atoms with E-state index in [1.807, 2.05) is 55.7 Å². The highest BCUT2D eigenvalue weighted by atomic mass is 79.9. The predicted molar refractivity (Wildman–Crippen MR) is 149 cm³/mol. The van der Waals surface area contributed by atoms with Gasteiger partial charge in [0.05, 0.1) is 11.3 Å². The fourth-order valence-corrected chi connectivity index (χ4v) is 4.61. The number of rotatable bonds is 5. The molecule has 0 spiro atoms. The third-order valence-electron chi connectivity index (χ3n) is 5.40. The van der Waals surface area contributed by atoms with Gasteiger partial charge in [0, 0.05) is 23.4 Å². The van der Waals surface area contributed by atoms with E-state index in [1.165, 1.54) is 17.3 Å². The summed E-state index contributed by atoms with van der Waals surface area (Å²) in [5.74, 6) is 0.0706. The molecule has 0 saturated heterocycles. The van der Waals surface area contributed by atoms with Gasteiger partial charge in [-0.2, -0.15) is 4.98 Å². The van der Waals surface area contributed by atoms with Gasteiger partial charge in [-0.3, -0.25) is 20.1 Å². The first-order chi connectivity index (χ1) is 17.4. The lowest BCUT2D eigenvalue weighted by Gasteiger charge is -2.26. The third-order valence-corrected chi connectivity index (χ3v) is 7.10. The Labute approximate surface area is 221 Å². The van der Waals surface area contributed by atoms with Crippen LogP contribution in [0.5, 0.6) is 0 Å². The number of hydrogen-bond donors (Lipinski definition) is 3. The molecule has 3 N–H and O–H groups in total. The van der Waals surface area contributed by atoms with E-state index in [0.717, 1.165) is 16.4 Å². The van der Waals surface area contributed by atoms with Crippen LogP contribution < -0.4 is 16.0 Å². The molecule has 36 heavy (non-hydrogen) atoms. The van der Waals surface area contributed by atoms with Gasteiger partial charge in [0.1, 0.15) is 11.6 Å². The van der Waals surface area contributed by atoms with Crippen molar-refractivity contribution in [3.63, 3.8) is 0 Å². The Morgan fingerprint density at radius 3 is 2.83 bits per heavy atom. The second kappa shape index (κ2) is 11.5. The van der Waals surface area contributed by atoms with Gasteiger partial charge in [0.15, 0.2) is 10.8 Å². The molecular formula is C25H26BrN7O2S. The van der Waals surface area contributed by atoms with Gasteiger partial charge in [0.2, 0.25) is 5.96 Å². The van der Waals surface area contributed by atoms with E-state index < -0.39 is 6.04 Å². The lowest BCUT2D eigenvalue weighted by atomic mass is 9.99. The molecular weight excluding hydrogens is 542 g/mol. The van der Waals surface area contributed by atoms with Crippen molar-refractivity contribution in [2.24, 2.45) is 9.98 Å². The van der Waals surface area contributed by atoms with Gasteiger partial charge < -0.3 is 15.1 Å². The molecule has 9 nitrogen and oxygen atoms in total. The first kappa shape index (κ1) is 25.6. The number of nitrogens with one attached hydrogen (secondary N) is 3. The van der Waals surface area contributed by atoms with Crippen LogP contribution in [-0.4, -0.2) is 34.1 Å². The number of anilines is 1. The number of allylic oxidation sites excluding steroid dienone is 2. The smallest absolute Gasteiger partial charge is 0.302 e. The van der Waals surface area contributed by atoms with Crippen molar-refractivity contribution in [1.82, 2.24) is 20.6 Å². The molecule has 1 aliphatic rings. The summed E-state index contributed by atoms with van der Waals surface area (Å²) < 4.78 is 6.52. The minimum Gasteiger partial charge on any atom is -0.423 e. The lowest BCUT2D eigenvalue weighted by molar-refractivity contribution is -0.116. The van der Waals surface area contributed by atoms with Crippen LogP contribution in [0.15, 0.2) is 83.7 Å². The van der Waals surface area contributed by atoms with Crippen molar-refractivity contribution in [2.45, 2.75) is 33.2 Å². The molecule has 2 aromatic heterocycles. The zero-order valence-electron chi connectivity index (χ0n) is 20.3. The summed E-state index contributed by atoms with van der Waals surface area (Å²) in [6, 6.07) is 10.8. The maximum atomic E-state index is 13.5. The second-order valence-electron chi connectivity index (χ2n) is 7.94. The van der Waals surface area contributed by atoms with Gasteiger partial charge in [0.25, 0.3) is 5.91 Å². The van der Waals surface area contributed by atoms with Gasteiger partial charge in [-0.15, -0.1) is 0 Å². The van der Waals surface area contributed by atoms with Crippen molar-refractivity contribution in [2.75, 3.05) is 12.4 Å². The first-order valence-electron chi connectivity index (χ1n) is 11.3. The standard InChI is InChI=1S/C25H26BrN7O2S/c1-5-14(2)13-36-25(27-4)32-22(34)19-15(3)29-23(31-21(19)20-16(26)9-8-12-28-20)33-24-30-17-10-6-7-11-18(17)35-24/h6-13,21H,5H2,1-4H3,(H,27,32,34)(H2,29,30,31,33)/b14-13+. The van der Waals surface area contributed by atoms with Crippen molar-refractivity contribution in [3.8, 4) is 0 Å². The largest absolute Gasteiger partial charge is 0.423 e. The molecule has 3 heterocycles. The number of aromatic nitrogens is 2. The number of carbonyl (C=O) groups excluding carboxylic acids is 1. The van der Waals surface area contributed by atoms with E-state index >= 15 is 0 Å². The number of nitrogens with zero attached hydrogens (tertiary/aromatic N) is 4. The van der Waals surface area contributed by atoms with Crippen LogP contribution in [0.4, 0.5) is 6.01 Å². The number of amidine groups is 1. The number of halogens is 1. The van der Waals surface area contributed by atoms with E-state index in [0.29, 0.717) is 33.7 Å². The molecule has 0 saturated carbocycles. The molecule has 0 aliphatic carbocycles. The minimum atomic E-state index is -0.690. The molecule has 0 bridgehead atoms. The second-order valence-corrected chi connectivity index (χ2v) is 9.66. The lowest BCUT2D eigenvalue weighted by Crippen LogP contribution is -2.40. The van der Waals surface area contributed by atoms with E-state index in [1.54, 1.807) is 13.2 Å². The number of aliphatic imine (C=N–C) groups is 2. The topological polar surface area (TPSA) is 117 Å². The Bertz CT molecular complexity index is 1380. The van der Waals surface area contributed by atoms with Gasteiger partial charge in [-0.25, -0.2) is 4.99 Å². The average Bonchev–Trinajstić information content (AvgIpc) is 3.28. The highest BCUT2D eigenvalue weighted by Crippen LogP contribution is 2.34. The number of pyridine rings is 1. The molecule has 0 fully saturated rings. The van der Waals surface area contributed by atoms with Crippen molar-refractivity contribution in [1.29, 1.82) is 0 Å². The molecule has 1 unspecified atom stereocenters. The fraction of sp³-hybridized carbons (Fsp3) is 0.240. The number of oxazole rings is 1. The third kappa shape index (κ3) is 5.85. The predicted octanol–water partition coefficient (Wildman–Crippen LogP) is 5.52. The monoisotopic (exact) mass is 567 g/mol. The van der Waals surface area contributed by atoms with E-state index in [2.05, 4.69) is 53.8 Å². The maximum absolute atomic E-state index is 13.5. The van der Waals surface area contributed by atoms with Crippen LogP contribution in [0.3, 0.4) is 0 Å². The molecule has 4 rings (SSSR count). The maximum Gasteiger partial charge on any atom is 0.302 e. The number of guanidine groups is 1. The van der Waals surface area contributed by atoms with Gasteiger partial charge in [-0.1, -0.05) is 36.4 Å². The summed E-state index contributed by atoms with van der Waals surface area (Å²) in [5, 5.41) is 11.6. The number of para-hydroxylation sites is 2. The van der Waals surface area contributed by atoms with Crippen LogP contribution >= 0.6 is 27.7 Å². The van der Waals surface area contributed by atoms with Crippen LogP contribution in [0.2, 0.25) is 0 Å². The van der Waals surface area contributed by atoms with Crippen molar-refractivity contribution < 1.29 is 9.21 Å². The summed E-state index contributed by atoms with van der Waals surface area (Å²) in [7, 11) is 1.64. The minimum absolute atomic E-state index is 0.289. The van der Waals surface area contributed by atoms with Crippen LogP contribution in [0.25, 0.3) is 11.1 Å². The van der Waals surface area contributed by atoms with E-state index in [9.17, 15) is 4.79 Å². The molecule has 11 heteroatoms. The quantitative estimate of drug-likeness (QED) is 0.274. The first-order valence-corrected chi connectivity index (χ1v) is 13.0. The molecule has 186 valence electrons.